The van der Waals surface area contributed by atoms with Gasteiger partial charge in [-0.3, -0.25) is 0 Å². The minimum atomic E-state index is -0.962. The van der Waals surface area contributed by atoms with Gasteiger partial charge in [-0.15, -0.1) is 11.6 Å². The summed E-state index contributed by atoms with van der Waals surface area (Å²) in [5.74, 6) is -2.55. The molecule has 0 spiro atoms. The van der Waals surface area contributed by atoms with Gasteiger partial charge in [0.2, 0.25) is 0 Å². The molecule has 2 aromatic rings. The third kappa shape index (κ3) is 3.04. The largest absolute Gasteiger partial charge is 0.205 e. The molecule has 5 heteroatoms. The van der Waals surface area contributed by atoms with E-state index in [1.54, 1.807) is 6.07 Å². The first-order valence-electron chi connectivity index (χ1n) is 5.51. The van der Waals surface area contributed by atoms with Crippen LogP contribution < -0.4 is 0 Å². The Morgan fingerprint density at radius 1 is 0.947 bits per heavy atom. The number of alkyl halides is 1. The van der Waals surface area contributed by atoms with E-state index in [1.165, 1.54) is 24.3 Å². The van der Waals surface area contributed by atoms with E-state index in [0.717, 1.165) is 6.07 Å². The van der Waals surface area contributed by atoms with Crippen LogP contribution in [0.5, 0.6) is 0 Å². The Morgan fingerprint density at radius 3 is 2.37 bits per heavy atom. The van der Waals surface area contributed by atoms with Crippen LogP contribution in [0.25, 0.3) is 0 Å². The zero-order chi connectivity index (χ0) is 14.0. The Labute approximate surface area is 118 Å². The number of rotatable bonds is 3. The minimum absolute atomic E-state index is 0.0254. The van der Waals surface area contributed by atoms with Gasteiger partial charge in [0.25, 0.3) is 0 Å². The summed E-state index contributed by atoms with van der Waals surface area (Å²) in [5, 5.41) is -0.877. The molecule has 1 atom stereocenters. The quantitative estimate of drug-likeness (QED) is 0.677. The summed E-state index contributed by atoms with van der Waals surface area (Å²) in [4.78, 5) is 0. The Morgan fingerprint density at radius 2 is 1.63 bits per heavy atom. The molecule has 0 fully saturated rings. The highest BCUT2D eigenvalue weighted by molar-refractivity contribution is 6.31. The van der Waals surface area contributed by atoms with Crippen molar-refractivity contribution in [1.29, 1.82) is 0 Å². The molecule has 0 aliphatic rings. The van der Waals surface area contributed by atoms with Crippen LogP contribution >= 0.6 is 23.2 Å². The molecule has 0 saturated carbocycles. The molecule has 0 nitrogen and oxygen atoms in total. The molecule has 0 saturated heterocycles. The predicted octanol–water partition coefficient (Wildman–Crippen LogP) is 5.28. The van der Waals surface area contributed by atoms with E-state index >= 15 is 0 Å². The first-order chi connectivity index (χ1) is 9.00. The third-order valence-electron chi connectivity index (χ3n) is 2.75. The predicted molar refractivity (Wildman–Crippen MR) is 70.1 cm³/mol. The summed E-state index contributed by atoms with van der Waals surface area (Å²) in [5.41, 5.74) is 0.261. The summed E-state index contributed by atoms with van der Waals surface area (Å²) in [6.45, 7) is 0. The highest BCUT2D eigenvalue weighted by Crippen LogP contribution is 2.31. The SMILES string of the molecule is Fc1cccc(CC(Cl)c2cccc(Cl)c2F)c1F. The molecule has 2 rings (SSSR count). The highest BCUT2D eigenvalue weighted by Gasteiger charge is 2.18. The maximum atomic E-state index is 13.8. The fourth-order valence-corrected chi connectivity index (χ4v) is 2.29. The molecule has 1 unspecified atom stereocenters. The van der Waals surface area contributed by atoms with Crippen molar-refractivity contribution in [3.8, 4) is 0 Å². The highest BCUT2D eigenvalue weighted by atomic mass is 35.5. The maximum Gasteiger partial charge on any atom is 0.162 e. The zero-order valence-electron chi connectivity index (χ0n) is 9.64. The molecule has 0 heterocycles. The van der Waals surface area contributed by atoms with E-state index in [1.807, 2.05) is 0 Å². The Balaban J connectivity index is 2.28. The van der Waals surface area contributed by atoms with Crippen LogP contribution in [-0.2, 0) is 6.42 Å². The van der Waals surface area contributed by atoms with Crippen molar-refractivity contribution < 1.29 is 13.2 Å². The fourth-order valence-electron chi connectivity index (χ4n) is 1.77. The van der Waals surface area contributed by atoms with E-state index in [0.29, 0.717) is 0 Å². The Kier molecular flexibility index (Phi) is 4.38. The minimum Gasteiger partial charge on any atom is -0.205 e. The van der Waals surface area contributed by atoms with Crippen molar-refractivity contribution in [3.05, 3.63) is 70.0 Å². The molecule has 0 aromatic heterocycles. The van der Waals surface area contributed by atoms with Crippen molar-refractivity contribution in [2.75, 3.05) is 0 Å². The van der Waals surface area contributed by atoms with Crippen molar-refractivity contribution in [2.24, 2.45) is 0 Å². The second kappa shape index (κ2) is 5.85. The average Bonchev–Trinajstić information content (AvgIpc) is 2.38. The molecule has 100 valence electrons. The molecule has 0 N–H and O–H groups in total. The first-order valence-corrected chi connectivity index (χ1v) is 6.33. The van der Waals surface area contributed by atoms with Crippen LogP contribution in [0.2, 0.25) is 5.02 Å². The second-order valence-corrected chi connectivity index (χ2v) is 4.96. The van der Waals surface area contributed by atoms with E-state index in [9.17, 15) is 13.2 Å². The monoisotopic (exact) mass is 304 g/mol. The summed E-state index contributed by atoms with van der Waals surface area (Å²) >= 11 is 11.7. The van der Waals surface area contributed by atoms with Crippen LogP contribution in [0.4, 0.5) is 13.2 Å². The normalized spacial score (nSPS) is 12.5. The van der Waals surface area contributed by atoms with E-state index < -0.39 is 22.8 Å². The van der Waals surface area contributed by atoms with Crippen LogP contribution in [0, 0.1) is 17.5 Å². The van der Waals surface area contributed by atoms with Gasteiger partial charge in [-0.2, -0.15) is 0 Å². The number of hydrogen-bond donors (Lipinski definition) is 0. The van der Waals surface area contributed by atoms with E-state index in [-0.39, 0.29) is 22.6 Å². The van der Waals surface area contributed by atoms with Gasteiger partial charge in [-0.1, -0.05) is 35.9 Å². The molecule has 0 radical (unpaired) electrons. The lowest BCUT2D eigenvalue weighted by Gasteiger charge is -2.12. The molecule has 19 heavy (non-hydrogen) atoms. The van der Waals surface area contributed by atoms with Gasteiger partial charge in [0.1, 0.15) is 5.82 Å². The number of halogens is 5. The summed E-state index contributed by atoms with van der Waals surface area (Å²) in [6, 6.07) is 8.23. The first kappa shape index (κ1) is 14.2. The van der Waals surface area contributed by atoms with Crippen LogP contribution in [0.3, 0.4) is 0 Å². The molecule has 0 amide bonds. The van der Waals surface area contributed by atoms with Gasteiger partial charge in [0.05, 0.1) is 10.4 Å². The van der Waals surface area contributed by atoms with Crippen LogP contribution in [0.15, 0.2) is 36.4 Å². The topological polar surface area (TPSA) is 0 Å². The molecular formula is C14H9Cl2F3. The van der Waals surface area contributed by atoms with Crippen LogP contribution in [0.1, 0.15) is 16.5 Å². The van der Waals surface area contributed by atoms with Gasteiger partial charge in [0.15, 0.2) is 11.6 Å². The molecule has 0 bridgehead atoms. The van der Waals surface area contributed by atoms with E-state index in [2.05, 4.69) is 0 Å². The maximum absolute atomic E-state index is 13.8. The molecule has 2 aromatic carbocycles. The lowest BCUT2D eigenvalue weighted by atomic mass is 10.0. The van der Waals surface area contributed by atoms with E-state index in [4.69, 9.17) is 23.2 Å². The molecular weight excluding hydrogens is 296 g/mol. The van der Waals surface area contributed by atoms with Gasteiger partial charge >= 0.3 is 0 Å². The lowest BCUT2D eigenvalue weighted by Crippen LogP contribution is -2.02. The Hall–Kier alpha value is -1.19. The third-order valence-corrected chi connectivity index (χ3v) is 3.43. The Bertz CT molecular complexity index is 599. The van der Waals surface area contributed by atoms with Crippen molar-refractivity contribution in [2.45, 2.75) is 11.8 Å². The van der Waals surface area contributed by atoms with Gasteiger partial charge < -0.3 is 0 Å². The van der Waals surface area contributed by atoms with Crippen molar-refractivity contribution >= 4 is 23.2 Å². The average molecular weight is 305 g/mol. The van der Waals surface area contributed by atoms with Crippen molar-refractivity contribution in [1.82, 2.24) is 0 Å². The van der Waals surface area contributed by atoms with Gasteiger partial charge in [0, 0.05) is 5.56 Å². The number of hydrogen-bond acceptors (Lipinski definition) is 0. The zero-order valence-corrected chi connectivity index (χ0v) is 11.2. The van der Waals surface area contributed by atoms with Gasteiger partial charge in [-0.05, 0) is 24.1 Å². The molecule has 0 aliphatic carbocycles. The summed E-state index contributed by atoms with van der Waals surface area (Å²) in [6.07, 6.45) is -0.0254. The van der Waals surface area contributed by atoms with Crippen molar-refractivity contribution in [3.63, 3.8) is 0 Å². The lowest BCUT2D eigenvalue weighted by molar-refractivity contribution is 0.497. The number of benzene rings is 2. The molecule has 0 aliphatic heterocycles. The summed E-state index contributed by atoms with van der Waals surface area (Å²) < 4.78 is 40.3. The summed E-state index contributed by atoms with van der Waals surface area (Å²) in [7, 11) is 0. The fraction of sp³-hybridized carbons (Fsp3) is 0.143. The second-order valence-electron chi connectivity index (χ2n) is 4.03. The smallest absolute Gasteiger partial charge is 0.162 e. The van der Waals surface area contributed by atoms with Crippen LogP contribution in [-0.4, -0.2) is 0 Å². The standard InChI is InChI=1S/C14H9Cl2F3/c15-10-5-2-4-9(14(10)19)11(16)7-8-3-1-6-12(17)13(8)18/h1-6,11H,7H2. The van der Waals surface area contributed by atoms with Gasteiger partial charge in [-0.25, -0.2) is 13.2 Å².